The number of methoxy groups -OCH3 is 1. The molecule has 0 aliphatic carbocycles. The molecular weight excluding hydrogens is 216 g/mol. The van der Waals surface area contributed by atoms with Crippen molar-refractivity contribution in [1.82, 2.24) is 0 Å². The van der Waals surface area contributed by atoms with Gasteiger partial charge in [0.25, 0.3) is 0 Å². The van der Waals surface area contributed by atoms with E-state index in [0.717, 1.165) is 5.56 Å². The summed E-state index contributed by atoms with van der Waals surface area (Å²) in [6.07, 6.45) is 0.286. The molecule has 0 heterocycles. The predicted molar refractivity (Wildman–Crippen MR) is 66.4 cm³/mol. The highest BCUT2D eigenvalue weighted by Gasteiger charge is 2.20. The van der Waals surface area contributed by atoms with Gasteiger partial charge in [0.05, 0.1) is 7.11 Å². The molecule has 3 nitrogen and oxygen atoms in total. The molecule has 0 fully saturated rings. The number of carbonyl (C=O) groups excluding carboxylic acids is 2. The Bertz CT molecular complexity index is 426. The van der Waals surface area contributed by atoms with Gasteiger partial charge in [-0.3, -0.25) is 4.79 Å². The van der Waals surface area contributed by atoms with E-state index in [1.165, 1.54) is 7.11 Å². The highest BCUT2D eigenvalue weighted by molar-refractivity contribution is 6.22. The van der Waals surface area contributed by atoms with Gasteiger partial charge < -0.3 is 4.74 Å². The molecule has 1 rings (SSSR count). The molecule has 0 aliphatic rings. The van der Waals surface area contributed by atoms with Crippen LogP contribution in [0.2, 0.25) is 0 Å². The van der Waals surface area contributed by atoms with E-state index in [-0.39, 0.29) is 17.8 Å². The van der Waals surface area contributed by atoms with Crippen molar-refractivity contribution < 1.29 is 14.3 Å². The van der Waals surface area contributed by atoms with Crippen LogP contribution in [0.5, 0.6) is 0 Å². The summed E-state index contributed by atoms with van der Waals surface area (Å²) in [6.45, 7) is 3.48. The van der Waals surface area contributed by atoms with Gasteiger partial charge in [0.15, 0.2) is 5.78 Å². The van der Waals surface area contributed by atoms with Crippen molar-refractivity contribution in [2.75, 3.05) is 7.11 Å². The molecule has 3 heteroatoms. The predicted octanol–water partition coefficient (Wildman–Crippen LogP) is 2.61. The topological polar surface area (TPSA) is 43.4 Å². The molecule has 90 valence electrons. The molecule has 1 aromatic carbocycles. The summed E-state index contributed by atoms with van der Waals surface area (Å²) in [6, 6.07) is 9.34. The van der Waals surface area contributed by atoms with E-state index < -0.39 is 5.97 Å². The van der Waals surface area contributed by atoms with Crippen LogP contribution in [0.15, 0.2) is 35.9 Å². The third-order valence-electron chi connectivity index (χ3n) is 2.57. The summed E-state index contributed by atoms with van der Waals surface area (Å²) in [5, 5.41) is 0. The summed E-state index contributed by atoms with van der Waals surface area (Å²) < 4.78 is 4.66. The van der Waals surface area contributed by atoms with Crippen molar-refractivity contribution in [3.8, 4) is 0 Å². The average molecular weight is 232 g/mol. The molecule has 0 bridgehead atoms. The van der Waals surface area contributed by atoms with E-state index in [4.69, 9.17) is 0 Å². The lowest BCUT2D eigenvalue weighted by molar-refractivity contribution is -0.137. The molecule has 0 saturated heterocycles. The van der Waals surface area contributed by atoms with E-state index in [2.05, 4.69) is 4.74 Å². The first kappa shape index (κ1) is 13.2. The number of carbonyl (C=O) groups is 2. The molecule has 0 saturated carbocycles. The molecule has 0 radical (unpaired) electrons. The number of benzene rings is 1. The molecule has 0 amide bonds. The van der Waals surface area contributed by atoms with Gasteiger partial charge in [-0.1, -0.05) is 37.3 Å². The molecular formula is C14H16O3. The van der Waals surface area contributed by atoms with Crippen molar-refractivity contribution in [2.45, 2.75) is 20.3 Å². The summed E-state index contributed by atoms with van der Waals surface area (Å²) >= 11 is 0. The van der Waals surface area contributed by atoms with Crippen molar-refractivity contribution in [2.24, 2.45) is 0 Å². The minimum absolute atomic E-state index is 0.140. The lowest BCUT2D eigenvalue weighted by atomic mass is 9.97. The minimum atomic E-state index is -0.571. The highest BCUT2D eigenvalue weighted by atomic mass is 16.5. The van der Waals surface area contributed by atoms with Crippen molar-refractivity contribution in [3.05, 3.63) is 41.5 Å². The smallest absolute Gasteiger partial charge is 0.341 e. The van der Waals surface area contributed by atoms with Crippen LogP contribution in [-0.4, -0.2) is 18.9 Å². The zero-order valence-electron chi connectivity index (χ0n) is 10.3. The second-order valence-corrected chi connectivity index (χ2v) is 3.63. The van der Waals surface area contributed by atoms with E-state index in [1.807, 2.05) is 30.3 Å². The molecule has 0 unspecified atom stereocenters. The van der Waals surface area contributed by atoms with Crippen LogP contribution in [0.4, 0.5) is 0 Å². The number of Topliss-reactive ketones (excluding diaryl/α,β-unsaturated/α-hetero) is 1. The fraction of sp³-hybridized carbons (Fsp3) is 0.286. The quantitative estimate of drug-likeness (QED) is 0.347. The number of ketones is 1. The van der Waals surface area contributed by atoms with E-state index in [0.29, 0.717) is 5.57 Å². The monoisotopic (exact) mass is 232 g/mol. The van der Waals surface area contributed by atoms with Gasteiger partial charge in [-0.2, -0.15) is 0 Å². The normalized spacial score (nSPS) is 11.7. The first-order chi connectivity index (χ1) is 8.11. The van der Waals surface area contributed by atoms with Crippen LogP contribution in [0.3, 0.4) is 0 Å². The Labute approximate surface area is 101 Å². The maximum Gasteiger partial charge on any atom is 0.341 e. The zero-order valence-corrected chi connectivity index (χ0v) is 10.3. The van der Waals surface area contributed by atoms with Crippen LogP contribution >= 0.6 is 0 Å². The highest BCUT2D eigenvalue weighted by Crippen LogP contribution is 2.20. The maximum absolute atomic E-state index is 11.8. The standard InChI is InChI=1S/C14H16O3/c1-4-12(15)13(14(16)17-3)10(2)11-8-6-5-7-9-11/h5-9H,4H2,1-3H3. The van der Waals surface area contributed by atoms with E-state index >= 15 is 0 Å². The Morgan fingerprint density at radius 3 is 2.24 bits per heavy atom. The summed E-state index contributed by atoms with van der Waals surface area (Å²) in [4.78, 5) is 23.4. The lowest BCUT2D eigenvalue weighted by Gasteiger charge is -2.08. The zero-order chi connectivity index (χ0) is 12.8. The summed E-state index contributed by atoms with van der Waals surface area (Å²) in [5.41, 5.74) is 1.65. The van der Waals surface area contributed by atoms with Crippen molar-refractivity contribution in [3.63, 3.8) is 0 Å². The Morgan fingerprint density at radius 2 is 1.76 bits per heavy atom. The number of rotatable bonds is 4. The Hall–Kier alpha value is -1.90. The van der Waals surface area contributed by atoms with Crippen LogP contribution < -0.4 is 0 Å². The lowest BCUT2D eigenvalue weighted by Crippen LogP contribution is -2.15. The fourth-order valence-corrected chi connectivity index (χ4v) is 1.59. The number of hydrogen-bond donors (Lipinski definition) is 0. The van der Waals surface area contributed by atoms with Crippen LogP contribution in [0.25, 0.3) is 5.57 Å². The number of ether oxygens (including phenoxy) is 1. The summed E-state index contributed by atoms with van der Waals surface area (Å²) in [7, 11) is 1.28. The molecule has 0 atom stereocenters. The molecule has 0 aromatic heterocycles. The molecule has 0 aliphatic heterocycles. The van der Waals surface area contributed by atoms with Gasteiger partial charge in [-0.05, 0) is 18.1 Å². The Morgan fingerprint density at radius 1 is 1.18 bits per heavy atom. The van der Waals surface area contributed by atoms with Gasteiger partial charge in [-0.15, -0.1) is 0 Å². The second kappa shape index (κ2) is 5.99. The first-order valence-electron chi connectivity index (χ1n) is 5.49. The van der Waals surface area contributed by atoms with Gasteiger partial charge in [-0.25, -0.2) is 4.79 Å². The third-order valence-corrected chi connectivity index (χ3v) is 2.57. The van der Waals surface area contributed by atoms with Crippen LogP contribution in [0, 0.1) is 0 Å². The van der Waals surface area contributed by atoms with Gasteiger partial charge >= 0.3 is 5.97 Å². The largest absolute Gasteiger partial charge is 0.465 e. The molecule has 1 aromatic rings. The van der Waals surface area contributed by atoms with Crippen LogP contribution in [-0.2, 0) is 14.3 Å². The number of allylic oxidation sites excluding steroid dienone is 1. The first-order valence-corrected chi connectivity index (χ1v) is 5.49. The third kappa shape index (κ3) is 3.03. The van der Waals surface area contributed by atoms with Gasteiger partial charge in [0.2, 0.25) is 0 Å². The van der Waals surface area contributed by atoms with E-state index in [9.17, 15) is 9.59 Å². The number of hydrogen-bond acceptors (Lipinski definition) is 3. The Kier molecular flexibility index (Phi) is 4.64. The van der Waals surface area contributed by atoms with E-state index in [1.54, 1.807) is 13.8 Å². The Balaban J connectivity index is 3.29. The molecule has 0 N–H and O–H groups in total. The fourth-order valence-electron chi connectivity index (χ4n) is 1.59. The van der Waals surface area contributed by atoms with Crippen molar-refractivity contribution >= 4 is 17.3 Å². The summed E-state index contributed by atoms with van der Waals surface area (Å²) in [5.74, 6) is -0.767. The second-order valence-electron chi connectivity index (χ2n) is 3.63. The SMILES string of the molecule is CCC(=O)C(C(=O)OC)=C(C)c1ccccc1. The maximum atomic E-state index is 11.8. The van der Waals surface area contributed by atoms with Gasteiger partial charge in [0.1, 0.15) is 5.57 Å². The van der Waals surface area contributed by atoms with Crippen LogP contribution in [0.1, 0.15) is 25.8 Å². The molecule has 0 spiro atoms. The van der Waals surface area contributed by atoms with Crippen molar-refractivity contribution in [1.29, 1.82) is 0 Å². The average Bonchev–Trinajstić information content (AvgIpc) is 2.39. The molecule has 17 heavy (non-hydrogen) atoms. The minimum Gasteiger partial charge on any atom is -0.465 e. The van der Waals surface area contributed by atoms with Gasteiger partial charge in [0, 0.05) is 6.42 Å². The number of esters is 1.